The molecule has 3 rings (SSSR count). The van der Waals surface area contributed by atoms with E-state index in [1.165, 1.54) is 11.8 Å². The predicted octanol–water partition coefficient (Wildman–Crippen LogP) is 8.12. The number of rotatable bonds is 6. The van der Waals surface area contributed by atoms with Crippen molar-refractivity contribution >= 4 is 23.8 Å². The minimum absolute atomic E-state index is 0.0664. The Kier molecular flexibility index (Phi) is 22.8. The van der Waals surface area contributed by atoms with Crippen molar-refractivity contribution in [2.45, 2.75) is 45.4 Å². The van der Waals surface area contributed by atoms with Crippen LogP contribution in [0.2, 0.25) is 0 Å². The summed E-state index contributed by atoms with van der Waals surface area (Å²) in [6.07, 6.45) is 11.5. The van der Waals surface area contributed by atoms with Gasteiger partial charge in [-0.3, -0.25) is 0 Å². The van der Waals surface area contributed by atoms with Gasteiger partial charge in [0.05, 0.1) is 13.2 Å². The van der Waals surface area contributed by atoms with Gasteiger partial charge in [0.2, 0.25) is 0 Å². The maximum atomic E-state index is 13.5. The Morgan fingerprint density at radius 3 is 2.09 bits per heavy atom. The van der Waals surface area contributed by atoms with Crippen LogP contribution in [0.1, 0.15) is 39.7 Å². The molecule has 0 fully saturated rings. The van der Waals surface area contributed by atoms with Gasteiger partial charge in [0.25, 0.3) is 0 Å². The van der Waals surface area contributed by atoms with E-state index >= 15 is 0 Å². The molecule has 0 amide bonds. The fourth-order valence-electron chi connectivity index (χ4n) is 2.51. The molecule has 1 aliphatic rings. The van der Waals surface area contributed by atoms with Gasteiger partial charge in [-0.2, -0.15) is 11.8 Å². The lowest BCUT2D eigenvalue weighted by molar-refractivity contribution is 0.0695. The zero-order chi connectivity index (χ0) is 27.2. The first-order valence-corrected chi connectivity index (χ1v) is 13.3. The van der Waals surface area contributed by atoms with Gasteiger partial charge in [-0.15, -0.1) is 12.8 Å². The smallest absolute Gasteiger partial charge is 0.165 e. The highest BCUT2D eigenvalue weighted by Crippen LogP contribution is 2.32. The van der Waals surface area contributed by atoms with Crippen LogP contribution in [-0.2, 0) is 11.2 Å². The molecule has 198 valence electrons. The van der Waals surface area contributed by atoms with Crippen LogP contribution in [0.15, 0.2) is 35.2 Å². The molecule has 1 heterocycles. The SMILES string of the molecule is C#C.CC.CCCOCC1COc2c(F)ccc(F)c2C1.CCSC.OSc1ccc(F)c(F)c1. The van der Waals surface area contributed by atoms with Gasteiger partial charge in [0.15, 0.2) is 23.2 Å². The molecule has 9 heteroatoms. The monoisotopic (exact) mass is 536 g/mol. The van der Waals surface area contributed by atoms with Gasteiger partial charge >= 0.3 is 0 Å². The zero-order valence-electron chi connectivity index (χ0n) is 21.0. The van der Waals surface area contributed by atoms with E-state index in [0.29, 0.717) is 48.7 Å². The predicted molar refractivity (Wildman–Crippen MR) is 140 cm³/mol. The fraction of sp³-hybridized carbons (Fsp3) is 0.462. The summed E-state index contributed by atoms with van der Waals surface area (Å²) >= 11 is 2.24. The Hall–Kier alpha value is -1.86. The number of halogens is 4. The normalized spacial score (nSPS) is 13.0. The summed E-state index contributed by atoms with van der Waals surface area (Å²) in [7, 11) is 0. The number of hydrogen-bond acceptors (Lipinski definition) is 5. The van der Waals surface area contributed by atoms with Gasteiger partial charge in [0.1, 0.15) is 5.82 Å². The maximum Gasteiger partial charge on any atom is 0.165 e. The highest BCUT2D eigenvalue weighted by molar-refractivity contribution is 7.98. The number of ether oxygens (including phenoxy) is 2. The third-order valence-electron chi connectivity index (χ3n) is 4.10. The van der Waals surface area contributed by atoms with Crippen LogP contribution in [0.5, 0.6) is 5.75 Å². The molecule has 1 aliphatic heterocycles. The first-order chi connectivity index (χ1) is 16.9. The van der Waals surface area contributed by atoms with Crippen molar-refractivity contribution < 1.29 is 31.6 Å². The fourth-order valence-corrected chi connectivity index (χ4v) is 2.79. The van der Waals surface area contributed by atoms with Crippen molar-refractivity contribution in [1.82, 2.24) is 0 Å². The summed E-state index contributed by atoms with van der Waals surface area (Å²) in [5.74, 6) is -1.34. The minimum Gasteiger partial charge on any atom is -0.490 e. The zero-order valence-corrected chi connectivity index (χ0v) is 22.6. The molecule has 2 aromatic carbocycles. The van der Waals surface area contributed by atoms with Crippen LogP contribution in [0.3, 0.4) is 0 Å². The summed E-state index contributed by atoms with van der Waals surface area (Å²) in [5.41, 5.74) is 0.335. The Morgan fingerprint density at radius 2 is 1.57 bits per heavy atom. The molecule has 2 aromatic rings. The summed E-state index contributed by atoms with van der Waals surface area (Å²) in [6, 6.07) is 5.44. The molecule has 0 saturated carbocycles. The summed E-state index contributed by atoms with van der Waals surface area (Å²) in [6.45, 7) is 9.78. The van der Waals surface area contributed by atoms with Gasteiger partial charge in [0, 0.05) is 35.0 Å². The topological polar surface area (TPSA) is 38.7 Å². The first-order valence-electron chi connectivity index (χ1n) is 11.1. The van der Waals surface area contributed by atoms with Gasteiger partial charge in [-0.05, 0) is 55.2 Å². The largest absolute Gasteiger partial charge is 0.490 e. The van der Waals surface area contributed by atoms with E-state index in [2.05, 4.69) is 26.0 Å². The Labute approximate surface area is 216 Å². The summed E-state index contributed by atoms with van der Waals surface area (Å²) in [5, 5.41) is 0. The van der Waals surface area contributed by atoms with Crippen molar-refractivity contribution in [3.05, 3.63) is 59.2 Å². The third-order valence-corrected chi connectivity index (χ3v) is 5.14. The highest BCUT2D eigenvalue weighted by atomic mass is 32.2. The van der Waals surface area contributed by atoms with E-state index in [-0.39, 0.29) is 11.7 Å². The number of thioether (sulfide) groups is 1. The second-order valence-electron chi connectivity index (χ2n) is 6.54. The Bertz CT molecular complexity index is 834. The molecular weight excluding hydrogens is 500 g/mol. The number of benzene rings is 2. The number of fused-ring (bicyclic) bond motifs is 1. The standard InChI is InChI=1S/C13H16F2O2.C6H4F2OS.C3H8S.C2H6.C2H2/c1-2-5-16-7-9-6-10-11(14)3-4-12(15)13(10)17-8-9;7-5-2-1-4(10-9)3-6(5)8;1-3-4-2;2*1-2/h3-4,9H,2,5-8H2,1H3;1-3,9H;3H2,1-2H3;1-2H3;1-2H. The van der Waals surface area contributed by atoms with Gasteiger partial charge in [-0.25, -0.2) is 17.6 Å². The molecule has 1 N–H and O–H groups in total. The molecule has 0 aromatic heterocycles. The maximum absolute atomic E-state index is 13.5. The van der Waals surface area contributed by atoms with E-state index < -0.39 is 23.3 Å². The van der Waals surface area contributed by atoms with Crippen molar-refractivity contribution in [2.24, 2.45) is 5.92 Å². The molecular formula is C26H36F4O3S2. The Balaban J connectivity index is 0. The minimum atomic E-state index is -0.945. The number of hydrogen-bond donors (Lipinski definition) is 1. The van der Waals surface area contributed by atoms with Crippen LogP contribution in [0.4, 0.5) is 17.6 Å². The number of terminal acetylenes is 1. The van der Waals surface area contributed by atoms with E-state index in [1.54, 1.807) is 0 Å². The second-order valence-corrected chi connectivity index (χ2v) is 8.35. The van der Waals surface area contributed by atoms with E-state index in [1.807, 2.05) is 32.5 Å². The van der Waals surface area contributed by atoms with Gasteiger partial charge < -0.3 is 14.0 Å². The molecule has 0 aliphatic carbocycles. The van der Waals surface area contributed by atoms with E-state index in [9.17, 15) is 17.6 Å². The van der Waals surface area contributed by atoms with Crippen LogP contribution in [0, 0.1) is 42.0 Å². The van der Waals surface area contributed by atoms with Crippen molar-refractivity contribution in [3.8, 4) is 18.6 Å². The molecule has 0 spiro atoms. The van der Waals surface area contributed by atoms with Crippen LogP contribution < -0.4 is 4.74 Å². The molecule has 1 atom stereocenters. The average Bonchev–Trinajstić information content (AvgIpc) is 2.91. The van der Waals surface area contributed by atoms with Crippen molar-refractivity contribution in [2.75, 3.05) is 31.8 Å². The first kappa shape index (κ1) is 35.3. The summed E-state index contributed by atoms with van der Waals surface area (Å²) in [4.78, 5) is 0.291. The lowest BCUT2D eigenvalue weighted by atomic mass is 9.97. The summed E-state index contributed by atoms with van der Waals surface area (Å²) < 4.78 is 70.4. The molecule has 0 bridgehead atoms. The second kappa shape index (κ2) is 22.6. The van der Waals surface area contributed by atoms with Gasteiger partial charge in [-0.1, -0.05) is 27.7 Å². The molecule has 0 saturated heterocycles. The molecule has 3 nitrogen and oxygen atoms in total. The van der Waals surface area contributed by atoms with E-state index in [0.717, 1.165) is 30.7 Å². The van der Waals surface area contributed by atoms with Crippen LogP contribution in [-0.4, -0.2) is 36.4 Å². The Morgan fingerprint density at radius 1 is 1.00 bits per heavy atom. The third kappa shape index (κ3) is 14.3. The lowest BCUT2D eigenvalue weighted by Gasteiger charge is -2.25. The van der Waals surface area contributed by atoms with Crippen molar-refractivity contribution in [1.29, 1.82) is 0 Å². The average molecular weight is 537 g/mol. The van der Waals surface area contributed by atoms with Crippen molar-refractivity contribution in [3.63, 3.8) is 0 Å². The lowest BCUT2D eigenvalue weighted by Crippen LogP contribution is -2.26. The molecule has 35 heavy (non-hydrogen) atoms. The molecule has 1 unspecified atom stereocenters. The van der Waals surface area contributed by atoms with Crippen LogP contribution in [0.25, 0.3) is 0 Å². The van der Waals surface area contributed by atoms with E-state index in [4.69, 9.17) is 14.0 Å². The highest BCUT2D eigenvalue weighted by Gasteiger charge is 2.25. The molecule has 0 radical (unpaired) electrons. The van der Waals surface area contributed by atoms with Crippen LogP contribution >= 0.6 is 23.8 Å². The quantitative estimate of drug-likeness (QED) is 0.175.